The van der Waals surface area contributed by atoms with Gasteiger partial charge in [0.15, 0.2) is 0 Å². The lowest BCUT2D eigenvalue weighted by molar-refractivity contribution is 0.302. The molecule has 0 aliphatic carbocycles. The smallest absolute Gasteiger partial charge is 0.124 e. The molecule has 0 saturated carbocycles. The molecule has 0 saturated heterocycles. The first kappa shape index (κ1) is 20.4. The molecular weight excluding hydrogens is 397 g/mol. The van der Waals surface area contributed by atoms with Crippen LogP contribution in [0.5, 0.6) is 5.75 Å². The molecule has 0 amide bonds. The van der Waals surface area contributed by atoms with E-state index >= 15 is 0 Å². The highest BCUT2D eigenvalue weighted by molar-refractivity contribution is 6.31. The maximum atomic E-state index is 13.3. The Bertz CT molecular complexity index is 1150. The summed E-state index contributed by atoms with van der Waals surface area (Å²) < 4.78 is 19.5. The van der Waals surface area contributed by atoms with Crippen LogP contribution < -0.4 is 10.1 Å². The van der Waals surface area contributed by atoms with Crippen LogP contribution in [-0.4, -0.2) is 0 Å². The summed E-state index contributed by atoms with van der Waals surface area (Å²) in [5, 5.41) is 6.29. The minimum atomic E-state index is -0.353. The largest absolute Gasteiger partial charge is 0.488 e. The first-order valence-corrected chi connectivity index (χ1v) is 10.4. The number of nitrogens with one attached hydrogen (secondary N) is 1. The summed E-state index contributed by atoms with van der Waals surface area (Å²) in [5.74, 6) is 0.441. The fraction of sp³-hybridized carbons (Fsp3) is 0.154. The van der Waals surface area contributed by atoms with Gasteiger partial charge in [0.05, 0.1) is 5.02 Å². The summed E-state index contributed by atoms with van der Waals surface area (Å²) in [4.78, 5) is 0. The Hall–Kier alpha value is -2.88. The van der Waals surface area contributed by atoms with Crippen LogP contribution >= 0.6 is 11.6 Å². The van der Waals surface area contributed by atoms with Gasteiger partial charge in [-0.15, -0.1) is 0 Å². The number of rotatable bonds is 7. The van der Waals surface area contributed by atoms with Gasteiger partial charge in [0.2, 0.25) is 0 Å². The average Bonchev–Trinajstić information content (AvgIpc) is 2.77. The molecule has 0 spiro atoms. The van der Waals surface area contributed by atoms with Crippen molar-refractivity contribution in [3.8, 4) is 5.75 Å². The molecule has 0 aliphatic heterocycles. The summed E-state index contributed by atoms with van der Waals surface area (Å²) in [6.45, 7) is 3.09. The van der Waals surface area contributed by atoms with Gasteiger partial charge in [-0.25, -0.2) is 4.39 Å². The molecule has 2 nitrogen and oxygen atoms in total. The van der Waals surface area contributed by atoms with Crippen molar-refractivity contribution < 1.29 is 9.13 Å². The first-order valence-electron chi connectivity index (χ1n) is 9.97. The fourth-order valence-corrected chi connectivity index (χ4v) is 3.76. The van der Waals surface area contributed by atoms with Crippen LogP contribution in [0.4, 0.5) is 4.39 Å². The van der Waals surface area contributed by atoms with Crippen LogP contribution in [0.25, 0.3) is 10.8 Å². The van der Waals surface area contributed by atoms with Crippen molar-refractivity contribution in [2.75, 3.05) is 0 Å². The van der Waals surface area contributed by atoms with Crippen LogP contribution in [0.1, 0.15) is 29.7 Å². The third-order valence-corrected chi connectivity index (χ3v) is 5.63. The van der Waals surface area contributed by atoms with Gasteiger partial charge in [-0.1, -0.05) is 78.3 Å². The molecule has 0 heterocycles. The molecule has 0 unspecified atom stereocenters. The standard InChI is InChI=1S/C26H23ClFNO/c1-18(19-7-3-2-4-8-19)29-16-24-23-10-6-5-9-20(23)12-14-26(24)30-17-21-11-13-22(28)15-25(21)27/h2-15,18,29H,16-17H2,1H3/t18-/m0/s1. The average molecular weight is 420 g/mol. The number of benzene rings is 4. The van der Waals surface area contributed by atoms with Crippen molar-refractivity contribution in [1.82, 2.24) is 5.32 Å². The predicted octanol–water partition coefficient (Wildman–Crippen LogP) is 7.06. The molecule has 4 rings (SSSR count). The molecule has 0 bridgehead atoms. The zero-order valence-corrected chi connectivity index (χ0v) is 17.5. The van der Waals surface area contributed by atoms with E-state index in [0.717, 1.165) is 27.6 Å². The van der Waals surface area contributed by atoms with Crippen LogP contribution in [0, 0.1) is 5.82 Å². The Labute approximate surface area is 181 Å². The van der Waals surface area contributed by atoms with Crippen LogP contribution in [0.2, 0.25) is 5.02 Å². The maximum absolute atomic E-state index is 13.3. The lowest BCUT2D eigenvalue weighted by Gasteiger charge is -2.19. The zero-order valence-electron chi connectivity index (χ0n) is 16.7. The van der Waals surface area contributed by atoms with Gasteiger partial charge in [0.25, 0.3) is 0 Å². The molecule has 0 fully saturated rings. The third kappa shape index (κ3) is 4.64. The van der Waals surface area contributed by atoms with E-state index in [2.05, 4.69) is 42.6 Å². The molecule has 4 heteroatoms. The number of hydrogen-bond donors (Lipinski definition) is 1. The Morgan fingerprint density at radius 3 is 2.50 bits per heavy atom. The second kappa shape index (κ2) is 9.29. The van der Waals surface area contributed by atoms with Crippen LogP contribution in [-0.2, 0) is 13.2 Å². The third-order valence-electron chi connectivity index (χ3n) is 5.28. The van der Waals surface area contributed by atoms with Gasteiger partial charge >= 0.3 is 0 Å². The number of ether oxygens (including phenoxy) is 1. The van der Waals surface area contributed by atoms with Gasteiger partial charge in [0.1, 0.15) is 18.2 Å². The molecule has 1 atom stereocenters. The van der Waals surface area contributed by atoms with E-state index in [0.29, 0.717) is 11.6 Å². The van der Waals surface area contributed by atoms with Crippen molar-refractivity contribution in [2.45, 2.75) is 26.1 Å². The van der Waals surface area contributed by atoms with Crippen molar-refractivity contribution in [1.29, 1.82) is 0 Å². The van der Waals surface area contributed by atoms with Gasteiger partial charge in [-0.05, 0) is 41.5 Å². The monoisotopic (exact) mass is 419 g/mol. The maximum Gasteiger partial charge on any atom is 0.124 e. The lowest BCUT2D eigenvalue weighted by Crippen LogP contribution is -2.18. The van der Waals surface area contributed by atoms with Crippen molar-refractivity contribution in [3.63, 3.8) is 0 Å². The Morgan fingerprint density at radius 2 is 1.70 bits per heavy atom. The summed E-state index contributed by atoms with van der Waals surface area (Å²) in [6.07, 6.45) is 0. The normalized spacial score (nSPS) is 12.1. The summed E-state index contributed by atoms with van der Waals surface area (Å²) in [6, 6.07) is 27.2. The number of hydrogen-bond acceptors (Lipinski definition) is 2. The SMILES string of the molecule is C[C@H](NCc1c(OCc2ccc(F)cc2Cl)ccc2ccccc12)c1ccccc1. The van der Waals surface area contributed by atoms with E-state index in [1.807, 2.05) is 36.4 Å². The molecule has 0 aliphatic rings. The van der Waals surface area contributed by atoms with Gasteiger partial charge in [-0.3, -0.25) is 0 Å². The van der Waals surface area contributed by atoms with E-state index in [4.69, 9.17) is 16.3 Å². The Balaban J connectivity index is 1.59. The fourth-order valence-electron chi connectivity index (χ4n) is 3.54. The lowest BCUT2D eigenvalue weighted by atomic mass is 10.0. The molecule has 4 aromatic carbocycles. The Morgan fingerprint density at radius 1 is 0.933 bits per heavy atom. The highest BCUT2D eigenvalue weighted by atomic mass is 35.5. The van der Waals surface area contributed by atoms with Gasteiger partial charge < -0.3 is 10.1 Å². The zero-order chi connectivity index (χ0) is 20.9. The Kier molecular flexibility index (Phi) is 6.32. The van der Waals surface area contributed by atoms with Crippen molar-refractivity contribution in [2.24, 2.45) is 0 Å². The highest BCUT2D eigenvalue weighted by Gasteiger charge is 2.12. The predicted molar refractivity (Wildman–Crippen MR) is 121 cm³/mol. The minimum absolute atomic E-state index is 0.199. The second-order valence-electron chi connectivity index (χ2n) is 7.30. The first-order chi connectivity index (χ1) is 14.6. The minimum Gasteiger partial charge on any atom is -0.488 e. The molecular formula is C26H23ClFNO. The molecule has 30 heavy (non-hydrogen) atoms. The molecule has 0 aromatic heterocycles. The molecule has 152 valence electrons. The quantitative estimate of drug-likeness (QED) is 0.346. The van der Waals surface area contributed by atoms with E-state index < -0.39 is 0 Å². The van der Waals surface area contributed by atoms with Gasteiger partial charge in [0, 0.05) is 23.7 Å². The van der Waals surface area contributed by atoms with E-state index in [1.54, 1.807) is 6.07 Å². The highest BCUT2D eigenvalue weighted by Crippen LogP contribution is 2.30. The van der Waals surface area contributed by atoms with Crippen LogP contribution in [0.3, 0.4) is 0 Å². The summed E-state index contributed by atoms with van der Waals surface area (Å²) in [5.41, 5.74) is 3.08. The van der Waals surface area contributed by atoms with E-state index in [9.17, 15) is 4.39 Å². The molecule has 1 N–H and O–H groups in total. The molecule has 0 radical (unpaired) electrons. The van der Waals surface area contributed by atoms with E-state index in [1.165, 1.54) is 17.7 Å². The second-order valence-corrected chi connectivity index (χ2v) is 7.71. The van der Waals surface area contributed by atoms with Gasteiger partial charge in [-0.2, -0.15) is 0 Å². The summed E-state index contributed by atoms with van der Waals surface area (Å²) in [7, 11) is 0. The van der Waals surface area contributed by atoms with E-state index in [-0.39, 0.29) is 18.5 Å². The summed E-state index contributed by atoms with van der Waals surface area (Å²) >= 11 is 6.17. The van der Waals surface area contributed by atoms with Crippen molar-refractivity contribution in [3.05, 3.63) is 112 Å². The molecule has 4 aromatic rings. The number of halogens is 2. The topological polar surface area (TPSA) is 21.3 Å². The van der Waals surface area contributed by atoms with Crippen LogP contribution in [0.15, 0.2) is 84.9 Å². The van der Waals surface area contributed by atoms with Crippen molar-refractivity contribution >= 4 is 22.4 Å². The number of fused-ring (bicyclic) bond motifs is 1.